The van der Waals surface area contributed by atoms with Crippen molar-refractivity contribution in [2.24, 2.45) is 5.92 Å². The van der Waals surface area contributed by atoms with Gasteiger partial charge >= 0.3 is 5.97 Å². The highest BCUT2D eigenvalue weighted by molar-refractivity contribution is 6.32. The molecule has 6 nitrogen and oxygen atoms in total. The van der Waals surface area contributed by atoms with Gasteiger partial charge in [0.15, 0.2) is 6.10 Å². The molecule has 1 aromatic heterocycles. The highest BCUT2D eigenvalue weighted by Crippen LogP contribution is 2.29. The summed E-state index contributed by atoms with van der Waals surface area (Å²) in [6.07, 6.45) is 0.429. The zero-order chi connectivity index (χ0) is 21.0. The van der Waals surface area contributed by atoms with E-state index in [0.717, 1.165) is 0 Å². The summed E-state index contributed by atoms with van der Waals surface area (Å²) in [7, 11) is 0. The fraction of sp³-hybridized carbons (Fsp3) is 0.273. The van der Waals surface area contributed by atoms with Gasteiger partial charge in [-0.3, -0.25) is 4.79 Å². The van der Waals surface area contributed by atoms with E-state index in [4.69, 9.17) is 30.2 Å². The number of carbonyl (C=O) groups is 1. The van der Waals surface area contributed by atoms with Crippen LogP contribution in [0.15, 0.2) is 57.9 Å². The lowest BCUT2D eigenvalue weighted by Gasteiger charge is -2.15. The van der Waals surface area contributed by atoms with Crippen molar-refractivity contribution in [3.8, 4) is 17.2 Å². The molecule has 152 valence electrons. The molecule has 0 aliphatic rings. The highest BCUT2D eigenvalue weighted by Gasteiger charge is 2.18. The third-order valence-electron chi connectivity index (χ3n) is 3.97. The molecule has 0 aliphatic heterocycles. The molecular weight excluding hydrogens is 396 g/mol. The predicted molar refractivity (Wildman–Crippen MR) is 110 cm³/mol. The van der Waals surface area contributed by atoms with Gasteiger partial charge in [-0.25, -0.2) is 4.79 Å². The van der Waals surface area contributed by atoms with Gasteiger partial charge < -0.3 is 18.6 Å². The predicted octanol–water partition coefficient (Wildman–Crippen LogP) is 5.21. The Morgan fingerprint density at radius 2 is 1.86 bits per heavy atom. The zero-order valence-corrected chi connectivity index (χ0v) is 17.1. The molecule has 2 aromatic carbocycles. The lowest BCUT2D eigenvalue weighted by Crippen LogP contribution is -2.27. The molecule has 0 radical (unpaired) electrons. The van der Waals surface area contributed by atoms with Crippen molar-refractivity contribution < 1.29 is 23.4 Å². The summed E-state index contributed by atoms with van der Waals surface area (Å²) in [6.45, 7) is 5.83. The van der Waals surface area contributed by atoms with Gasteiger partial charge in [-0.05, 0) is 37.1 Å². The molecule has 1 heterocycles. The molecule has 0 N–H and O–H groups in total. The fourth-order valence-corrected chi connectivity index (χ4v) is 2.67. The molecule has 0 fully saturated rings. The van der Waals surface area contributed by atoms with Crippen LogP contribution in [0.25, 0.3) is 11.0 Å². The standard InChI is InChI=1S/C22H21ClO6/c1-13(2)11-27-22(25)14(3)28-15-8-9-16-19(10-15)26-12-20(21(16)24)29-18-7-5-4-6-17(18)23/h4-10,12-14H,11H2,1-3H3/t14-/m1/s1. The van der Waals surface area contributed by atoms with Crippen molar-refractivity contribution in [2.45, 2.75) is 26.9 Å². The first kappa shape index (κ1) is 20.7. The summed E-state index contributed by atoms with van der Waals surface area (Å²) in [5.74, 6) is 0.542. The van der Waals surface area contributed by atoms with Crippen LogP contribution in [0.4, 0.5) is 0 Å². The van der Waals surface area contributed by atoms with E-state index in [0.29, 0.717) is 34.1 Å². The Hall–Kier alpha value is -2.99. The number of carbonyl (C=O) groups excluding carboxylic acids is 1. The summed E-state index contributed by atoms with van der Waals surface area (Å²) in [6, 6.07) is 11.5. The zero-order valence-electron chi connectivity index (χ0n) is 16.3. The molecule has 0 saturated heterocycles. The van der Waals surface area contributed by atoms with E-state index in [2.05, 4.69) is 0 Å². The summed E-state index contributed by atoms with van der Waals surface area (Å²) in [5, 5.41) is 0.700. The first-order chi connectivity index (χ1) is 13.8. The molecule has 3 aromatic rings. The highest BCUT2D eigenvalue weighted by atomic mass is 35.5. The molecule has 0 amide bonds. The van der Waals surface area contributed by atoms with Crippen LogP contribution in [0.1, 0.15) is 20.8 Å². The largest absolute Gasteiger partial charge is 0.479 e. The summed E-state index contributed by atoms with van der Waals surface area (Å²) in [4.78, 5) is 24.7. The second-order valence-corrected chi connectivity index (χ2v) is 7.31. The number of benzene rings is 2. The van der Waals surface area contributed by atoms with Gasteiger partial charge in [0.1, 0.15) is 23.3 Å². The van der Waals surface area contributed by atoms with E-state index in [1.54, 1.807) is 49.4 Å². The van der Waals surface area contributed by atoms with Gasteiger partial charge in [0.25, 0.3) is 0 Å². The van der Waals surface area contributed by atoms with Gasteiger partial charge in [-0.2, -0.15) is 0 Å². The molecular formula is C22H21ClO6. The first-order valence-corrected chi connectivity index (χ1v) is 9.54. The third kappa shape index (κ3) is 5.09. The average molecular weight is 417 g/mol. The summed E-state index contributed by atoms with van der Waals surface area (Å²) >= 11 is 6.07. The van der Waals surface area contributed by atoms with Gasteiger partial charge in [0.05, 0.1) is 17.0 Å². The minimum Gasteiger partial charge on any atom is -0.479 e. The maximum Gasteiger partial charge on any atom is 0.347 e. The first-order valence-electron chi connectivity index (χ1n) is 9.16. The fourth-order valence-electron chi connectivity index (χ4n) is 2.50. The minimum atomic E-state index is -0.791. The third-order valence-corrected chi connectivity index (χ3v) is 4.29. The second-order valence-electron chi connectivity index (χ2n) is 6.90. The molecule has 0 saturated carbocycles. The van der Waals surface area contributed by atoms with Crippen LogP contribution in [0, 0.1) is 5.92 Å². The van der Waals surface area contributed by atoms with Gasteiger partial charge in [-0.1, -0.05) is 37.6 Å². The number of rotatable bonds is 7. The number of hydrogen-bond acceptors (Lipinski definition) is 6. The molecule has 0 aliphatic carbocycles. The topological polar surface area (TPSA) is 75.0 Å². The number of para-hydroxylation sites is 1. The Bertz CT molecular complexity index is 1070. The second kappa shape index (κ2) is 9.01. The van der Waals surface area contributed by atoms with Crippen LogP contribution in [0.3, 0.4) is 0 Å². The SMILES string of the molecule is CC(C)COC(=O)[C@@H](C)Oc1ccc2c(=O)c(Oc3ccccc3Cl)coc2c1. The number of fused-ring (bicyclic) bond motifs is 1. The summed E-state index contributed by atoms with van der Waals surface area (Å²) in [5.41, 5.74) is -0.0381. The molecule has 0 bridgehead atoms. The van der Waals surface area contributed by atoms with Crippen molar-refractivity contribution in [1.29, 1.82) is 0 Å². The van der Waals surface area contributed by atoms with E-state index < -0.39 is 12.1 Å². The molecule has 0 unspecified atom stereocenters. The van der Waals surface area contributed by atoms with E-state index >= 15 is 0 Å². The molecule has 1 atom stereocenters. The monoisotopic (exact) mass is 416 g/mol. The van der Waals surface area contributed by atoms with E-state index in [-0.39, 0.29) is 17.1 Å². The van der Waals surface area contributed by atoms with Crippen LogP contribution in [0.5, 0.6) is 17.2 Å². The molecule has 3 rings (SSSR count). The number of hydrogen-bond donors (Lipinski definition) is 0. The van der Waals surface area contributed by atoms with Crippen molar-refractivity contribution in [1.82, 2.24) is 0 Å². The van der Waals surface area contributed by atoms with E-state index in [1.165, 1.54) is 6.26 Å². The van der Waals surface area contributed by atoms with Gasteiger partial charge in [0.2, 0.25) is 11.2 Å². The maximum atomic E-state index is 12.7. The van der Waals surface area contributed by atoms with Crippen LogP contribution in [0.2, 0.25) is 5.02 Å². The lowest BCUT2D eigenvalue weighted by atomic mass is 10.2. The van der Waals surface area contributed by atoms with Crippen molar-refractivity contribution in [3.63, 3.8) is 0 Å². The van der Waals surface area contributed by atoms with Crippen LogP contribution in [-0.4, -0.2) is 18.7 Å². The van der Waals surface area contributed by atoms with Gasteiger partial charge in [0, 0.05) is 6.07 Å². The van der Waals surface area contributed by atoms with Crippen LogP contribution < -0.4 is 14.9 Å². The molecule has 29 heavy (non-hydrogen) atoms. The Kier molecular flexibility index (Phi) is 6.44. The summed E-state index contributed by atoms with van der Waals surface area (Å²) < 4.78 is 21.9. The van der Waals surface area contributed by atoms with E-state index in [1.807, 2.05) is 13.8 Å². The Balaban J connectivity index is 1.78. The van der Waals surface area contributed by atoms with Crippen molar-refractivity contribution >= 4 is 28.5 Å². The van der Waals surface area contributed by atoms with Crippen LogP contribution in [-0.2, 0) is 9.53 Å². The maximum absolute atomic E-state index is 12.7. The minimum absolute atomic E-state index is 0.0184. The number of esters is 1. The Morgan fingerprint density at radius 1 is 1.10 bits per heavy atom. The van der Waals surface area contributed by atoms with E-state index in [9.17, 15) is 9.59 Å². The van der Waals surface area contributed by atoms with Crippen LogP contribution >= 0.6 is 11.6 Å². The number of halogens is 1. The lowest BCUT2D eigenvalue weighted by molar-refractivity contribution is -0.152. The van der Waals surface area contributed by atoms with Crippen molar-refractivity contribution in [3.05, 3.63) is 64.0 Å². The smallest absolute Gasteiger partial charge is 0.347 e. The average Bonchev–Trinajstić information content (AvgIpc) is 2.69. The normalized spacial score (nSPS) is 12.0. The van der Waals surface area contributed by atoms with Crippen molar-refractivity contribution in [2.75, 3.05) is 6.61 Å². The quantitative estimate of drug-likeness (QED) is 0.492. The Labute approximate surface area is 172 Å². The van der Waals surface area contributed by atoms with Gasteiger partial charge in [-0.15, -0.1) is 0 Å². The molecule has 0 spiro atoms. The Morgan fingerprint density at radius 3 is 2.59 bits per heavy atom. The number of ether oxygens (including phenoxy) is 3. The molecule has 7 heteroatoms.